The molecule has 0 aromatic heterocycles. The standard InChI is InChI=1S/C30H32N2O7/c33-28(14-15-29(34)35)32(39-20-22-8-2-1-3-9-22)17-19-37-18-16-31-30(36)38-21-27-25-12-6-4-10-23(25)24-11-5-7-13-26(24)27/h1-13,27H,14-21H2,(H,31,36)(H,34,35). The van der Waals surface area contributed by atoms with Gasteiger partial charge in [0, 0.05) is 18.9 Å². The number of hydroxylamine groups is 2. The highest BCUT2D eigenvalue weighted by Gasteiger charge is 2.29. The van der Waals surface area contributed by atoms with Crippen LogP contribution in [0.15, 0.2) is 78.9 Å². The van der Waals surface area contributed by atoms with E-state index in [0.717, 1.165) is 21.8 Å². The number of nitrogens with one attached hydrogen (secondary N) is 1. The summed E-state index contributed by atoms with van der Waals surface area (Å²) in [5, 5.41) is 12.7. The van der Waals surface area contributed by atoms with Crippen molar-refractivity contribution in [3.8, 4) is 11.1 Å². The number of hydrogen-bond donors (Lipinski definition) is 2. The lowest BCUT2D eigenvalue weighted by Gasteiger charge is -2.22. The maximum atomic E-state index is 12.4. The fourth-order valence-corrected chi connectivity index (χ4v) is 4.45. The van der Waals surface area contributed by atoms with Crippen LogP contribution in [0, 0.1) is 0 Å². The van der Waals surface area contributed by atoms with Crippen molar-refractivity contribution < 1.29 is 33.8 Å². The van der Waals surface area contributed by atoms with Gasteiger partial charge in [-0.25, -0.2) is 9.86 Å². The Balaban J connectivity index is 1.17. The van der Waals surface area contributed by atoms with Crippen molar-refractivity contribution in [3.05, 3.63) is 95.6 Å². The van der Waals surface area contributed by atoms with E-state index in [2.05, 4.69) is 29.6 Å². The smallest absolute Gasteiger partial charge is 0.407 e. The summed E-state index contributed by atoms with van der Waals surface area (Å²) < 4.78 is 11.1. The highest BCUT2D eigenvalue weighted by atomic mass is 16.7. The van der Waals surface area contributed by atoms with Gasteiger partial charge in [-0.2, -0.15) is 0 Å². The first-order valence-corrected chi connectivity index (χ1v) is 12.9. The van der Waals surface area contributed by atoms with Crippen molar-refractivity contribution in [1.82, 2.24) is 10.4 Å². The van der Waals surface area contributed by atoms with Gasteiger partial charge < -0.3 is 19.9 Å². The number of nitrogens with zero attached hydrogens (tertiary/aromatic N) is 1. The van der Waals surface area contributed by atoms with Gasteiger partial charge in [-0.05, 0) is 27.8 Å². The Hall–Kier alpha value is -4.21. The van der Waals surface area contributed by atoms with Crippen LogP contribution in [-0.2, 0) is 30.5 Å². The molecular formula is C30H32N2O7. The molecule has 1 aliphatic rings. The zero-order valence-corrected chi connectivity index (χ0v) is 21.6. The lowest BCUT2D eigenvalue weighted by atomic mass is 9.98. The third-order valence-electron chi connectivity index (χ3n) is 6.36. The number of ether oxygens (including phenoxy) is 2. The number of alkyl carbamates (subject to hydrolysis) is 1. The Labute approximate surface area is 227 Å². The zero-order valence-electron chi connectivity index (χ0n) is 21.6. The summed E-state index contributed by atoms with van der Waals surface area (Å²) in [6.07, 6.45) is -0.986. The highest BCUT2D eigenvalue weighted by molar-refractivity contribution is 5.80. The number of rotatable bonds is 14. The minimum absolute atomic E-state index is 0.0140. The van der Waals surface area contributed by atoms with E-state index in [1.165, 1.54) is 11.1 Å². The fraction of sp³-hybridized carbons (Fsp3) is 0.300. The van der Waals surface area contributed by atoms with Gasteiger partial charge in [0.25, 0.3) is 0 Å². The van der Waals surface area contributed by atoms with Gasteiger partial charge in [0.2, 0.25) is 5.91 Å². The molecule has 0 aliphatic heterocycles. The van der Waals surface area contributed by atoms with E-state index in [1.807, 2.05) is 54.6 Å². The number of carbonyl (C=O) groups is 3. The number of hydrogen-bond acceptors (Lipinski definition) is 6. The van der Waals surface area contributed by atoms with Crippen molar-refractivity contribution in [3.63, 3.8) is 0 Å². The molecule has 2 N–H and O–H groups in total. The van der Waals surface area contributed by atoms with E-state index in [0.29, 0.717) is 0 Å². The molecule has 204 valence electrons. The van der Waals surface area contributed by atoms with E-state index in [1.54, 1.807) is 0 Å². The van der Waals surface area contributed by atoms with Crippen LogP contribution in [0.5, 0.6) is 0 Å². The number of benzene rings is 3. The second-order valence-corrected chi connectivity index (χ2v) is 9.01. The Morgan fingerprint density at radius 1 is 0.821 bits per heavy atom. The maximum Gasteiger partial charge on any atom is 0.407 e. The number of carboxylic acid groups (broad SMARTS) is 1. The molecule has 9 nitrogen and oxygen atoms in total. The Morgan fingerprint density at radius 3 is 2.13 bits per heavy atom. The quantitative estimate of drug-likeness (QED) is 0.234. The molecule has 2 amide bonds. The van der Waals surface area contributed by atoms with Crippen LogP contribution in [0.4, 0.5) is 4.79 Å². The van der Waals surface area contributed by atoms with Crippen molar-refractivity contribution in [2.45, 2.75) is 25.4 Å². The molecular weight excluding hydrogens is 500 g/mol. The predicted octanol–water partition coefficient (Wildman–Crippen LogP) is 4.37. The number of carbonyl (C=O) groups excluding carboxylic acids is 2. The lowest BCUT2D eigenvalue weighted by molar-refractivity contribution is -0.195. The van der Waals surface area contributed by atoms with Gasteiger partial charge in [-0.3, -0.25) is 14.4 Å². The second-order valence-electron chi connectivity index (χ2n) is 9.01. The van der Waals surface area contributed by atoms with Crippen LogP contribution in [-0.4, -0.2) is 61.0 Å². The molecule has 0 saturated carbocycles. The van der Waals surface area contributed by atoms with Gasteiger partial charge >= 0.3 is 12.1 Å². The van der Waals surface area contributed by atoms with Crippen LogP contribution < -0.4 is 5.32 Å². The molecule has 0 saturated heterocycles. The minimum Gasteiger partial charge on any atom is -0.481 e. The van der Waals surface area contributed by atoms with Gasteiger partial charge in [-0.15, -0.1) is 0 Å². The predicted molar refractivity (Wildman–Crippen MR) is 144 cm³/mol. The molecule has 0 spiro atoms. The van der Waals surface area contributed by atoms with E-state index >= 15 is 0 Å². The van der Waals surface area contributed by atoms with Gasteiger partial charge in [0.05, 0.1) is 26.2 Å². The molecule has 3 aromatic rings. The first kappa shape index (κ1) is 27.8. The Morgan fingerprint density at radius 2 is 1.46 bits per heavy atom. The highest BCUT2D eigenvalue weighted by Crippen LogP contribution is 2.44. The summed E-state index contributed by atoms with van der Waals surface area (Å²) in [6, 6.07) is 25.6. The van der Waals surface area contributed by atoms with E-state index in [9.17, 15) is 14.4 Å². The molecule has 0 bridgehead atoms. The number of aliphatic carboxylic acids is 1. The minimum atomic E-state index is -1.05. The molecule has 3 aromatic carbocycles. The van der Waals surface area contributed by atoms with Crippen LogP contribution in [0.2, 0.25) is 0 Å². The van der Waals surface area contributed by atoms with Gasteiger partial charge in [0.1, 0.15) is 13.2 Å². The molecule has 4 rings (SSSR count). The van der Waals surface area contributed by atoms with Gasteiger partial charge in [0.15, 0.2) is 0 Å². The fourth-order valence-electron chi connectivity index (χ4n) is 4.45. The number of fused-ring (bicyclic) bond motifs is 3. The first-order chi connectivity index (χ1) is 19.0. The summed E-state index contributed by atoms with van der Waals surface area (Å²) in [6.45, 7) is 1.11. The molecule has 0 heterocycles. The molecule has 0 atom stereocenters. The van der Waals surface area contributed by atoms with E-state index < -0.39 is 18.0 Å². The summed E-state index contributed by atoms with van der Waals surface area (Å²) in [7, 11) is 0. The lowest BCUT2D eigenvalue weighted by Crippen LogP contribution is -2.35. The van der Waals surface area contributed by atoms with E-state index in [4.69, 9.17) is 19.4 Å². The van der Waals surface area contributed by atoms with Crippen molar-refractivity contribution in [2.24, 2.45) is 0 Å². The maximum absolute atomic E-state index is 12.4. The first-order valence-electron chi connectivity index (χ1n) is 12.9. The zero-order chi connectivity index (χ0) is 27.5. The molecule has 9 heteroatoms. The van der Waals surface area contributed by atoms with E-state index in [-0.39, 0.29) is 58.3 Å². The molecule has 1 aliphatic carbocycles. The SMILES string of the molecule is O=C(O)CCC(=O)N(CCOCCNC(=O)OCC1c2ccccc2-c2ccccc21)OCc1ccccc1. The third-order valence-corrected chi connectivity index (χ3v) is 6.36. The van der Waals surface area contributed by atoms with Crippen molar-refractivity contribution >= 4 is 18.0 Å². The molecule has 0 fully saturated rings. The summed E-state index contributed by atoms with van der Waals surface area (Å²) in [5.74, 6) is -1.50. The van der Waals surface area contributed by atoms with Crippen LogP contribution >= 0.6 is 0 Å². The normalized spacial score (nSPS) is 11.9. The van der Waals surface area contributed by atoms with Crippen LogP contribution in [0.25, 0.3) is 11.1 Å². The summed E-state index contributed by atoms with van der Waals surface area (Å²) >= 11 is 0. The van der Waals surface area contributed by atoms with Crippen molar-refractivity contribution in [1.29, 1.82) is 0 Å². The van der Waals surface area contributed by atoms with Crippen LogP contribution in [0.3, 0.4) is 0 Å². The summed E-state index contributed by atoms with van der Waals surface area (Å²) in [4.78, 5) is 41.2. The Kier molecular flexibility index (Phi) is 10.0. The Bertz CT molecular complexity index is 1220. The second kappa shape index (κ2) is 14.1. The monoisotopic (exact) mass is 532 g/mol. The number of carboxylic acids is 1. The average molecular weight is 533 g/mol. The average Bonchev–Trinajstić information content (AvgIpc) is 3.28. The number of amides is 2. The van der Waals surface area contributed by atoms with Gasteiger partial charge in [-0.1, -0.05) is 78.9 Å². The summed E-state index contributed by atoms with van der Waals surface area (Å²) in [5.41, 5.74) is 5.50. The molecule has 0 radical (unpaired) electrons. The topological polar surface area (TPSA) is 114 Å². The van der Waals surface area contributed by atoms with Crippen LogP contribution in [0.1, 0.15) is 35.4 Å². The van der Waals surface area contributed by atoms with Crippen molar-refractivity contribution in [2.75, 3.05) is 32.9 Å². The third kappa shape index (κ3) is 7.89. The largest absolute Gasteiger partial charge is 0.481 e. The molecule has 0 unspecified atom stereocenters. The molecule has 39 heavy (non-hydrogen) atoms.